The number of carbonyl (C=O) groups is 3. The maximum Gasteiger partial charge on any atom is 0.302 e. The normalized spacial score (nSPS) is 27.9. The topological polar surface area (TPSA) is 93.2 Å². The van der Waals surface area contributed by atoms with E-state index in [4.69, 9.17) is 9.84 Å². The zero-order valence-corrected chi connectivity index (χ0v) is 8.56. The lowest BCUT2D eigenvalue weighted by Crippen LogP contribution is -2.31. The van der Waals surface area contributed by atoms with E-state index in [1.165, 1.54) is 6.92 Å². The van der Waals surface area contributed by atoms with Gasteiger partial charge in [-0.05, 0) is 0 Å². The molecule has 0 amide bonds. The van der Waals surface area contributed by atoms with E-state index >= 15 is 0 Å². The van der Waals surface area contributed by atoms with E-state index in [1.54, 1.807) is 0 Å². The van der Waals surface area contributed by atoms with Gasteiger partial charge in [0.1, 0.15) is 6.61 Å². The minimum atomic E-state index is -0.742. The Labute approximate surface area is 90.8 Å². The van der Waals surface area contributed by atoms with Gasteiger partial charge in [-0.3, -0.25) is 14.4 Å². The predicted molar refractivity (Wildman–Crippen MR) is 49.4 cm³/mol. The summed E-state index contributed by atoms with van der Waals surface area (Å²) >= 11 is 0. The highest BCUT2D eigenvalue weighted by molar-refractivity contribution is 6.19. The van der Waals surface area contributed by atoms with Crippen LogP contribution in [0.4, 0.5) is 0 Å². The van der Waals surface area contributed by atoms with Crippen molar-refractivity contribution in [3.8, 4) is 0 Å². The Kier molecular flexibility index (Phi) is 2.61. The maximum atomic E-state index is 11.7. The highest BCUT2D eigenvalue weighted by Crippen LogP contribution is 2.34. The van der Waals surface area contributed by atoms with Gasteiger partial charge in [0, 0.05) is 18.1 Å². The summed E-state index contributed by atoms with van der Waals surface area (Å²) in [7, 11) is 0. The first kappa shape index (κ1) is 11.0. The highest BCUT2D eigenvalue weighted by atomic mass is 16.6. The van der Waals surface area contributed by atoms with Crippen LogP contribution in [0.5, 0.6) is 0 Å². The van der Waals surface area contributed by atoms with Crippen molar-refractivity contribution in [2.24, 2.45) is 0 Å². The first-order chi connectivity index (χ1) is 7.56. The molecule has 2 rings (SSSR count). The summed E-state index contributed by atoms with van der Waals surface area (Å²) < 4.78 is 9.54. The fraction of sp³-hybridized carbons (Fsp3) is 0.500. The van der Waals surface area contributed by atoms with Crippen LogP contribution in [0.25, 0.3) is 0 Å². The van der Waals surface area contributed by atoms with E-state index < -0.39 is 30.6 Å². The van der Waals surface area contributed by atoms with Crippen LogP contribution in [0, 0.1) is 0 Å². The Morgan fingerprint density at radius 3 is 2.38 bits per heavy atom. The molecule has 0 aromatic carbocycles. The third-order valence-corrected chi connectivity index (χ3v) is 2.55. The zero-order chi connectivity index (χ0) is 11.9. The minimum Gasteiger partial charge on any atom is -0.461 e. The molecule has 6 heteroatoms. The second-order valence-electron chi connectivity index (χ2n) is 3.60. The number of ketones is 2. The van der Waals surface area contributed by atoms with Gasteiger partial charge < -0.3 is 14.6 Å². The van der Waals surface area contributed by atoms with Gasteiger partial charge >= 0.3 is 5.97 Å². The maximum absolute atomic E-state index is 11.7. The third kappa shape index (κ3) is 1.66. The summed E-state index contributed by atoms with van der Waals surface area (Å²) in [6.07, 6.45) is -1.48. The van der Waals surface area contributed by atoms with E-state index in [0.29, 0.717) is 0 Å². The molecule has 0 aromatic rings. The molecule has 2 aliphatic rings. The van der Waals surface area contributed by atoms with E-state index in [9.17, 15) is 14.4 Å². The van der Waals surface area contributed by atoms with E-state index in [0.717, 1.165) is 0 Å². The number of hydrogen-bond donors (Lipinski definition) is 1. The zero-order valence-electron chi connectivity index (χ0n) is 8.56. The van der Waals surface area contributed by atoms with Crippen LogP contribution < -0.4 is 0 Å². The van der Waals surface area contributed by atoms with E-state index in [-0.39, 0.29) is 23.5 Å². The number of Topliss-reactive ketones (excluding diaryl/α,β-unsaturated/α-hetero) is 2. The summed E-state index contributed by atoms with van der Waals surface area (Å²) in [5, 5.41) is 9.02. The molecular formula is C10H10O6. The highest BCUT2D eigenvalue weighted by Gasteiger charge is 2.55. The molecule has 0 saturated carbocycles. The Balaban J connectivity index is 2.25. The molecule has 1 heterocycles. The fourth-order valence-corrected chi connectivity index (χ4v) is 1.66. The summed E-state index contributed by atoms with van der Waals surface area (Å²) in [4.78, 5) is 33.8. The number of hydrogen-bond acceptors (Lipinski definition) is 6. The van der Waals surface area contributed by atoms with Crippen molar-refractivity contribution >= 4 is 17.5 Å². The average Bonchev–Trinajstić information content (AvgIpc) is 3.01. The molecule has 1 N–H and O–H groups in total. The first-order valence-electron chi connectivity index (χ1n) is 4.76. The molecule has 16 heavy (non-hydrogen) atoms. The van der Waals surface area contributed by atoms with Gasteiger partial charge in [0.05, 0.1) is 6.61 Å². The van der Waals surface area contributed by atoms with Crippen molar-refractivity contribution in [3.63, 3.8) is 0 Å². The Morgan fingerprint density at radius 1 is 1.31 bits per heavy atom. The minimum absolute atomic E-state index is 0.00926. The SMILES string of the molecule is CC(=O)OCC1=C(CO)C(=O)[C@@H]2O[C@@H]2C1=O. The van der Waals surface area contributed by atoms with Crippen LogP contribution in [0.3, 0.4) is 0 Å². The molecule has 0 aromatic heterocycles. The Hall–Kier alpha value is -1.53. The lowest BCUT2D eigenvalue weighted by Gasteiger charge is -2.13. The predicted octanol–water partition coefficient (Wildman–Crippen LogP) is -1.24. The quantitative estimate of drug-likeness (QED) is 0.477. The van der Waals surface area contributed by atoms with Crippen LogP contribution in [0.1, 0.15) is 6.92 Å². The number of epoxide rings is 1. The van der Waals surface area contributed by atoms with Crippen LogP contribution >= 0.6 is 0 Å². The van der Waals surface area contributed by atoms with Crippen molar-refractivity contribution in [2.75, 3.05) is 13.2 Å². The van der Waals surface area contributed by atoms with Crippen molar-refractivity contribution < 1.29 is 29.0 Å². The molecule has 86 valence electrons. The lowest BCUT2D eigenvalue weighted by atomic mass is 9.90. The van der Waals surface area contributed by atoms with Gasteiger partial charge in [-0.25, -0.2) is 0 Å². The molecule has 0 radical (unpaired) electrons. The van der Waals surface area contributed by atoms with Crippen LogP contribution in [0.15, 0.2) is 11.1 Å². The average molecular weight is 226 g/mol. The molecule has 0 bridgehead atoms. The molecule has 0 spiro atoms. The standard InChI is InChI=1S/C10H10O6/c1-4(12)15-3-6-5(2-11)7(13)9-10(16-9)8(6)14/h9-11H,2-3H2,1H3/t9-,10+/m0/s1. The summed E-state index contributed by atoms with van der Waals surface area (Å²) in [5.41, 5.74) is 0.0338. The number of carbonyl (C=O) groups excluding carboxylic acids is 3. The molecular weight excluding hydrogens is 216 g/mol. The van der Waals surface area contributed by atoms with Crippen molar-refractivity contribution in [2.45, 2.75) is 19.1 Å². The smallest absolute Gasteiger partial charge is 0.302 e. The summed E-state index contributed by atoms with van der Waals surface area (Å²) in [5.74, 6) is -1.33. The Bertz CT molecular complexity index is 408. The van der Waals surface area contributed by atoms with Crippen molar-refractivity contribution in [3.05, 3.63) is 11.1 Å². The van der Waals surface area contributed by atoms with Gasteiger partial charge in [0.25, 0.3) is 0 Å². The van der Waals surface area contributed by atoms with Crippen LogP contribution in [-0.2, 0) is 23.9 Å². The number of ether oxygens (including phenoxy) is 2. The monoisotopic (exact) mass is 226 g/mol. The molecule has 1 aliphatic heterocycles. The third-order valence-electron chi connectivity index (χ3n) is 2.55. The first-order valence-corrected chi connectivity index (χ1v) is 4.76. The second-order valence-corrected chi connectivity index (χ2v) is 3.60. The van der Waals surface area contributed by atoms with Gasteiger partial charge in [-0.15, -0.1) is 0 Å². The van der Waals surface area contributed by atoms with Crippen molar-refractivity contribution in [1.82, 2.24) is 0 Å². The lowest BCUT2D eigenvalue weighted by molar-refractivity contribution is -0.140. The number of aliphatic hydroxyl groups is 1. The van der Waals surface area contributed by atoms with Crippen LogP contribution in [-0.4, -0.2) is 48.1 Å². The molecule has 2 atom stereocenters. The number of fused-ring (bicyclic) bond motifs is 1. The fourth-order valence-electron chi connectivity index (χ4n) is 1.66. The second kappa shape index (κ2) is 3.80. The molecule has 1 fully saturated rings. The summed E-state index contributed by atoms with van der Waals surface area (Å²) in [6, 6.07) is 0. The van der Waals surface area contributed by atoms with E-state index in [1.807, 2.05) is 0 Å². The molecule has 1 aliphatic carbocycles. The van der Waals surface area contributed by atoms with Gasteiger partial charge in [-0.1, -0.05) is 0 Å². The summed E-state index contributed by atoms with van der Waals surface area (Å²) in [6.45, 7) is 0.362. The molecule has 0 unspecified atom stereocenters. The van der Waals surface area contributed by atoms with Gasteiger partial charge in [-0.2, -0.15) is 0 Å². The Morgan fingerprint density at radius 2 is 1.88 bits per heavy atom. The number of aliphatic hydroxyl groups excluding tert-OH is 1. The van der Waals surface area contributed by atoms with Gasteiger partial charge in [0.2, 0.25) is 0 Å². The largest absolute Gasteiger partial charge is 0.461 e. The molecule has 6 nitrogen and oxygen atoms in total. The number of rotatable bonds is 3. The number of esters is 1. The van der Waals surface area contributed by atoms with Crippen molar-refractivity contribution in [1.29, 1.82) is 0 Å². The van der Waals surface area contributed by atoms with E-state index in [2.05, 4.69) is 4.74 Å². The van der Waals surface area contributed by atoms with Gasteiger partial charge in [0.15, 0.2) is 23.8 Å². The van der Waals surface area contributed by atoms with Crippen LogP contribution in [0.2, 0.25) is 0 Å². The molecule has 1 saturated heterocycles.